The van der Waals surface area contributed by atoms with Gasteiger partial charge < -0.3 is 14.7 Å². The van der Waals surface area contributed by atoms with Crippen LogP contribution in [0.3, 0.4) is 0 Å². The molecule has 1 N–H and O–H groups in total. The Morgan fingerprint density at radius 2 is 1.91 bits per heavy atom. The number of rotatable bonds is 6. The summed E-state index contributed by atoms with van der Waals surface area (Å²) in [6.07, 6.45) is 0.707. The zero-order valence-corrected chi connectivity index (χ0v) is 12.3. The number of para-hydroxylation sites is 1. The molecule has 0 aliphatic carbocycles. The van der Waals surface area contributed by atoms with Gasteiger partial charge >= 0.3 is 6.61 Å². The van der Waals surface area contributed by atoms with E-state index in [0.717, 1.165) is 6.54 Å². The highest BCUT2D eigenvalue weighted by molar-refractivity contribution is 5.97. The van der Waals surface area contributed by atoms with Crippen LogP contribution >= 0.6 is 0 Å². The van der Waals surface area contributed by atoms with Gasteiger partial charge in [0.15, 0.2) is 0 Å². The van der Waals surface area contributed by atoms with Gasteiger partial charge in [0.05, 0.1) is 5.56 Å². The lowest BCUT2D eigenvalue weighted by molar-refractivity contribution is -0.0503. The Morgan fingerprint density at radius 3 is 2.55 bits per heavy atom. The van der Waals surface area contributed by atoms with Crippen molar-refractivity contribution in [1.82, 2.24) is 9.80 Å². The summed E-state index contributed by atoms with van der Waals surface area (Å²) in [7, 11) is 0. The van der Waals surface area contributed by atoms with Crippen LogP contribution in [0.5, 0.6) is 5.75 Å². The van der Waals surface area contributed by atoms with Crippen LogP contribution in [0.1, 0.15) is 16.8 Å². The van der Waals surface area contributed by atoms with Crippen molar-refractivity contribution in [2.24, 2.45) is 0 Å². The second-order valence-corrected chi connectivity index (χ2v) is 5.09. The highest BCUT2D eigenvalue weighted by Gasteiger charge is 2.24. The first-order valence-corrected chi connectivity index (χ1v) is 7.28. The van der Waals surface area contributed by atoms with Crippen LogP contribution in [0.4, 0.5) is 8.78 Å². The molecule has 22 heavy (non-hydrogen) atoms. The zero-order chi connectivity index (χ0) is 15.9. The molecule has 0 unspecified atom stereocenters. The molecule has 122 valence electrons. The highest BCUT2D eigenvalue weighted by Crippen LogP contribution is 2.22. The summed E-state index contributed by atoms with van der Waals surface area (Å²) in [5.41, 5.74) is 0.159. The topological polar surface area (TPSA) is 53.0 Å². The normalized spacial score (nSPS) is 16.1. The Bertz CT molecular complexity index is 491. The molecule has 1 heterocycles. The molecule has 1 fully saturated rings. The Hall–Kier alpha value is -1.73. The van der Waals surface area contributed by atoms with Gasteiger partial charge in [-0.3, -0.25) is 9.69 Å². The number of carbonyl (C=O) groups excluding carboxylic acids is 1. The quantitative estimate of drug-likeness (QED) is 0.863. The predicted molar refractivity (Wildman–Crippen MR) is 77.1 cm³/mol. The number of halogens is 2. The second kappa shape index (κ2) is 8.05. The Balaban J connectivity index is 1.98. The molecule has 1 amide bonds. The highest BCUT2D eigenvalue weighted by atomic mass is 19.3. The maximum absolute atomic E-state index is 12.5. The molecular weight excluding hydrogens is 294 g/mol. The molecule has 5 nitrogen and oxygen atoms in total. The molecule has 0 radical (unpaired) electrons. The van der Waals surface area contributed by atoms with Crippen molar-refractivity contribution < 1.29 is 23.4 Å². The van der Waals surface area contributed by atoms with E-state index in [1.807, 2.05) is 0 Å². The molecule has 0 aromatic heterocycles. The third-order valence-corrected chi connectivity index (χ3v) is 3.63. The van der Waals surface area contributed by atoms with E-state index in [4.69, 9.17) is 5.11 Å². The number of alkyl halides is 2. The van der Waals surface area contributed by atoms with Crippen LogP contribution in [0, 0.1) is 0 Å². The molecule has 0 spiro atoms. The number of aliphatic hydroxyl groups is 1. The fourth-order valence-electron chi connectivity index (χ4n) is 2.48. The Morgan fingerprint density at radius 1 is 1.23 bits per heavy atom. The third-order valence-electron chi connectivity index (χ3n) is 3.63. The van der Waals surface area contributed by atoms with Crippen molar-refractivity contribution in [1.29, 1.82) is 0 Å². The summed E-state index contributed by atoms with van der Waals surface area (Å²) in [5.74, 6) is -0.386. The van der Waals surface area contributed by atoms with Crippen LogP contribution in [0.25, 0.3) is 0 Å². The minimum Gasteiger partial charge on any atom is -0.434 e. The molecule has 1 aliphatic rings. The number of nitrogens with zero attached hydrogens (tertiary/aromatic N) is 2. The predicted octanol–water partition coefficient (Wildman–Crippen LogP) is 1.43. The number of piperazine rings is 1. The van der Waals surface area contributed by atoms with Gasteiger partial charge in [-0.25, -0.2) is 0 Å². The first kappa shape index (κ1) is 16.6. The SMILES string of the molecule is O=C(c1ccccc1OC(F)F)N1CCN(CCCO)CC1. The van der Waals surface area contributed by atoms with Crippen LogP contribution in [0.2, 0.25) is 0 Å². The lowest BCUT2D eigenvalue weighted by Gasteiger charge is -2.34. The Labute approximate surface area is 128 Å². The zero-order valence-electron chi connectivity index (χ0n) is 12.3. The summed E-state index contributed by atoms with van der Waals surface area (Å²) in [4.78, 5) is 16.3. The lowest BCUT2D eigenvalue weighted by Crippen LogP contribution is -2.49. The smallest absolute Gasteiger partial charge is 0.387 e. The van der Waals surface area contributed by atoms with Crippen LogP contribution in [-0.2, 0) is 0 Å². The van der Waals surface area contributed by atoms with E-state index in [9.17, 15) is 13.6 Å². The summed E-state index contributed by atoms with van der Waals surface area (Å²) in [6, 6.07) is 6.06. The van der Waals surface area contributed by atoms with E-state index in [1.54, 1.807) is 17.0 Å². The largest absolute Gasteiger partial charge is 0.434 e. The molecule has 1 saturated heterocycles. The molecule has 0 saturated carbocycles. The summed E-state index contributed by atoms with van der Waals surface area (Å²) >= 11 is 0. The maximum atomic E-state index is 12.5. The van der Waals surface area contributed by atoms with Crippen molar-refractivity contribution in [3.05, 3.63) is 29.8 Å². The van der Waals surface area contributed by atoms with Crippen molar-refractivity contribution in [2.75, 3.05) is 39.3 Å². The molecule has 1 aliphatic heterocycles. The first-order valence-electron chi connectivity index (χ1n) is 7.28. The molecule has 0 atom stereocenters. The Kier molecular flexibility index (Phi) is 6.09. The standard InChI is InChI=1S/C15H20F2N2O3/c16-15(17)22-13-5-2-1-4-12(13)14(21)19-9-7-18(8-10-19)6-3-11-20/h1-2,4-5,15,20H,3,6-11H2. The van der Waals surface area contributed by atoms with E-state index < -0.39 is 6.61 Å². The molecule has 7 heteroatoms. The average Bonchev–Trinajstić information content (AvgIpc) is 2.53. The van der Waals surface area contributed by atoms with E-state index in [2.05, 4.69) is 9.64 Å². The van der Waals surface area contributed by atoms with Gasteiger partial charge in [-0.1, -0.05) is 12.1 Å². The van der Waals surface area contributed by atoms with Gasteiger partial charge in [0, 0.05) is 39.3 Å². The number of hydrogen-bond donors (Lipinski definition) is 1. The van der Waals surface area contributed by atoms with Crippen molar-refractivity contribution in [3.63, 3.8) is 0 Å². The van der Waals surface area contributed by atoms with Gasteiger partial charge in [-0.15, -0.1) is 0 Å². The van der Waals surface area contributed by atoms with Gasteiger partial charge in [0.2, 0.25) is 0 Å². The number of aliphatic hydroxyl groups excluding tert-OH is 1. The first-order chi connectivity index (χ1) is 10.6. The van der Waals surface area contributed by atoms with Gasteiger partial charge in [0.25, 0.3) is 5.91 Å². The van der Waals surface area contributed by atoms with E-state index in [0.29, 0.717) is 32.6 Å². The number of amides is 1. The summed E-state index contributed by atoms with van der Waals surface area (Å²) < 4.78 is 29.2. The minimum atomic E-state index is -2.95. The lowest BCUT2D eigenvalue weighted by atomic mass is 10.1. The molecule has 1 aromatic carbocycles. The fraction of sp³-hybridized carbons (Fsp3) is 0.533. The van der Waals surface area contributed by atoms with Crippen LogP contribution in [-0.4, -0.2) is 66.8 Å². The molecule has 2 rings (SSSR count). The van der Waals surface area contributed by atoms with Crippen molar-refractivity contribution in [3.8, 4) is 5.75 Å². The van der Waals surface area contributed by atoms with Crippen LogP contribution in [0.15, 0.2) is 24.3 Å². The number of ether oxygens (including phenoxy) is 1. The number of benzene rings is 1. The molecular formula is C15H20F2N2O3. The number of hydrogen-bond acceptors (Lipinski definition) is 4. The van der Waals surface area contributed by atoms with Gasteiger partial charge in [-0.2, -0.15) is 8.78 Å². The van der Waals surface area contributed by atoms with Gasteiger partial charge in [0.1, 0.15) is 5.75 Å². The fourth-order valence-corrected chi connectivity index (χ4v) is 2.48. The van der Waals surface area contributed by atoms with E-state index in [1.165, 1.54) is 12.1 Å². The number of carbonyl (C=O) groups is 1. The summed E-state index contributed by atoms with van der Waals surface area (Å²) in [5, 5.41) is 8.82. The monoisotopic (exact) mass is 314 g/mol. The van der Waals surface area contributed by atoms with Crippen molar-refractivity contribution >= 4 is 5.91 Å². The van der Waals surface area contributed by atoms with E-state index in [-0.39, 0.29) is 23.8 Å². The summed E-state index contributed by atoms with van der Waals surface area (Å²) in [6.45, 7) is 0.485. The van der Waals surface area contributed by atoms with Crippen molar-refractivity contribution in [2.45, 2.75) is 13.0 Å². The van der Waals surface area contributed by atoms with Gasteiger partial charge in [-0.05, 0) is 18.6 Å². The average molecular weight is 314 g/mol. The second-order valence-electron chi connectivity index (χ2n) is 5.09. The maximum Gasteiger partial charge on any atom is 0.387 e. The molecule has 1 aromatic rings. The van der Waals surface area contributed by atoms with E-state index >= 15 is 0 Å². The van der Waals surface area contributed by atoms with Crippen LogP contribution < -0.4 is 4.74 Å². The molecule has 0 bridgehead atoms. The third kappa shape index (κ3) is 4.38. The minimum absolute atomic E-state index is 0.0924.